The number of benzene rings is 1. The van der Waals surface area contributed by atoms with Gasteiger partial charge in [-0.3, -0.25) is 5.32 Å². The van der Waals surface area contributed by atoms with Crippen LogP contribution in [0.3, 0.4) is 0 Å². The van der Waals surface area contributed by atoms with Crippen molar-refractivity contribution in [3.63, 3.8) is 0 Å². The van der Waals surface area contributed by atoms with Gasteiger partial charge in [0.2, 0.25) is 0 Å². The van der Waals surface area contributed by atoms with Gasteiger partial charge in [-0.05, 0) is 17.7 Å². The van der Waals surface area contributed by atoms with E-state index in [0.717, 1.165) is 12.3 Å². The zero-order chi connectivity index (χ0) is 6.81. The number of nitrogens with one attached hydrogen (secondary N) is 1. The highest BCUT2D eigenvalue weighted by atomic mass is 16.5. The maximum absolute atomic E-state index is 5.29. The van der Waals surface area contributed by atoms with Crippen LogP contribution in [0.25, 0.3) is 0 Å². The molecule has 0 unspecified atom stereocenters. The van der Waals surface area contributed by atoms with E-state index in [4.69, 9.17) is 4.74 Å². The van der Waals surface area contributed by atoms with Gasteiger partial charge in [0, 0.05) is 6.54 Å². The summed E-state index contributed by atoms with van der Waals surface area (Å²) >= 11 is 0. The summed E-state index contributed by atoms with van der Waals surface area (Å²) in [5.74, 6) is 0.941. The lowest BCUT2D eigenvalue weighted by Crippen LogP contribution is -2.21. The minimum absolute atomic E-state index is 0.619. The fraction of sp³-hybridized carbons (Fsp3) is 0.250. The molecule has 2 aliphatic rings. The van der Waals surface area contributed by atoms with E-state index in [1.54, 1.807) is 0 Å². The van der Waals surface area contributed by atoms with E-state index in [-0.39, 0.29) is 0 Å². The van der Waals surface area contributed by atoms with Crippen LogP contribution < -0.4 is 10.1 Å². The Kier molecular flexibility index (Phi) is 1.32. The molecule has 1 aromatic rings. The van der Waals surface area contributed by atoms with Gasteiger partial charge in [0.25, 0.3) is 0 Å². The Morgan fingerprint density at radius 1 is 1.20 bits per heavy atom. The van der Waals surface area contributed by atoms with Crippen molar-refractivity contribution in [2.24, 2.45) is 0 Å². The summed E-state index contributed by atoms with van der Waals surface area (Å²) in [5, 5.41) is 3.14. The molecule has 10 heavy (non-hydrogen) atoms. The molecule has 0 atom stereocenters. The molecule has 0 radical (unpaired) electrons. The van der Waals surface area contributed by atoms with Gasteiger partial charge in [-0.1, -0.05) is 12.1 Å². The summed E-state index contributed by atoms with van der Waals surface area (Å²) in [6, 6.07) is 8.13. The van der Waals surface area contributed by atoms with E-state index >= 15 is 0 Å². The van der Waals surface area contributed by atoms with Gasteiger partial charge in [0.05, 0.1) is 0 Å². The molecular formula is C8H9NO. The molecule has 0 aliphatic carbocycles. The van der Waals surface area contributed by atoms with Crippen molar-refractivity contribution in [3.05, 3.63) is 29.8 Å². The molecular weight excluding hydrogens is 126 g/mol. The van der Waals surface area contributed by atoms with Crippen LogP contribution in [-0.4, -0.2) is 6.73 Å². The van der Waals surface area contributed by atoms with Gasteiger partial charge < -0.3 is 4.74 Å². The fourth-order valence-electron chi connectivity index (χ4n) is 1.03. The molecule has 2 aliphatic heterocycles. The molecule has 0 amide bonds. The molecule has 0 saturated carbocycles. The Bertz CT molecular complexity index is 192. The Morgan fingerprint density at radius 3 is 2.80 bits per heavy atom. The van der Waals surface area contributed by atoms with E-state index < -0.39 is 0 Å². The molecule has 1 N–H and O–H groups in total. The van der Waals surface area contributed by atoms with Gasteiger partial charge in [0.1, 0.15) is 12.5 Å². The lowest BCUT2D eigenvalue weighted by molar-refractivity contribution is 0.278. The Morgan fingerprint density at radius 2 is 2.00 bits per heavy atom. The smallest absolute Gasteiger partial charge is 0.139 e. The highest BCUT2D eigenvalue weighted by molar-refractivity contribution is 5.27. The average Bonchev–Trinajstić information content (AvgIpc) is 1.89. The van der Waals surface area contributed by atoms with E-state index in [9.17, 15) is 0 Å². The molecule has 0 saturated heterocycles. The molecule has 2 nitrogen and oxygen atoms in total. The summed E-state index contributed by atoms with van der Waals surface area (Å²) < 4.78 is 5.29. The highest BCUT2D eigenvalue weighted by Gasteiger charge is 1.98. The van der Waals surface area contributed by atoms with Crippen molar-refractivity contribution in [1.29, 1.82) is 0 Å². The third kappa shape index (κ3) is 0.977. The third-order valence-corrected chi connectivity index (χ3v) is 1.59. The normalized spacial score (nSPS) is 15.6. The molecule has 0 fully saturated rings. The lowest BCUT2D eigenvalue weighted by atomic mass is 10.2. The first kappa shape index (κ1) is 5.74. The summed E-state index contributed by atoms with van der Waals surface area (Å²) in [5.41, 5.74) is 1.31. The van der Waals surface area contributed by atoms with E-state index in [2.05, 4.69) is 17.4 Å². The predicted molar refractivity (Wildman–Crippen MR) is 38.8 cm³/mol. The molecule has 1 aromatic carbocycles. The zero-order valence-corrected chi connectivity index (χ0v) is 5.63. The van der Waals surface area contributed by atoms with Crippen LogP contribution in [0.1, 0.15) is 5.56 Å². The Labute approximate surface area is 59.8 Å². The largest absolute Gasteiger partial charge is 0.478 e. The SMILES string of the molecule is c1cc2ccc1CNCO2. The molecule has 2 bridgehead atoms. The van der Waals surface area contributed by atoms with Gasteiger partial charge in [-0.25, -0.2) is 0 Å². The van der Waals surface area contributed by atoms with Crippen LogP contribution in [0.2, 0.25) is 0 Å². The van der Waals surface area contributed by atoms with Crippen LogP contribution in [0.4, 0.5) is 0 Å². The minimum atomic E-state index is 0.619. The molecule has 52 valence electrons. The van der Waals surface area contributed by atoms with Crippen molar-refractivity contribution in [1.82, 2.24) is 5.32 Å². The second-order valence-electron chi connectivity index (χ2n) is 2.36. The summed E-state index contributed by atoms with van der Waals surface area (Å²) in [6.45, 7) is 1.52. The van der Waals surface area contributed by atoms with Crippen LogP contribution >= 0.6 is 0 Å². The van der Waals surface area contributed by atoms with Gasteiger partial charge in [0.15, 0.2) is 0 Å². The number of rotatable bonds is 0. The Hall–Kier alpha value is -1.02. The van der Waals surface area contributed by atoms with Gasteiger partial charge in [-0.2, -0.15) is 0 Å². The summed E-state index contributed by atoms with van der Waals surface area (Å²) in [7, 11) is 0. The first-order chi connectivity index (χ1) is 4.95. The average molecular weight is 135 g/mol. The number of hydrogen-bond donors (Lipinski definition) is 1. The fourth-order valence-corrected chi connectivity index (χ4v) is 1.03. The van der Waals surface area contributed by atoms with Crippen molar-refractivity contribution in [2.45, 2.75) is 6.54 Å². The van der Waals surface area contributed by atoms with Gasteiger partial charge >= 0.3 is 0 Å². The van der Waals surface area contributed by atoms with Crippen molar-refractivity contribution in [2.75, 3.05) is 6.73 Å². The maximum atomic E-state index is 5.29. The third-order valence-electron chi connectivity index (χ3n) is 1.59. The topological polar surface area (TPSA) is 21.3 Å². The first-order valence-corrected chi connectivity index (χ1v) is 3.37. The van der Waals surface area contributed by atoms with E-state index in [1.165, 1.54) is 5.56 Å². The van der Waals surface area contributed by atoms with E-state index in [1.807, 2.05) is 12.1 Å². The molecule has 2 heterocycles. The number of ether oxygens (including phenoxy) is 1. The number of hydrogen-bond acceptors (Lipinski definition) is 2. The first-order valence-electron chi connectivity index (χ1n) is 3.37. The van der Waals surface area contributed by atoms with Crippen molar-refractivity contribution >= 4 is 0 Å². The molecule has 2 heteroatoms. The van der Waals surface area contributed by atoms with E-state index in [0.29, 0.717) is 6.73 Å². The maximum Gasteiger partial charge on any atom is 0.139 e. The van der Waals surface area contributed by atoms with Crippen LogP contribution in [0.15, 0.2) is 24.3 Å². The monoisotopic (exact) mass is 135 g/mol. The van der Waals surface area contributed by atoms with Crippen molar-refractivity contribution < 1.29 is 4.74 Å². The summed E-state index contributed by atoms with van der Waals surface area (Å²) in [6.07, 6.45) is 0. The molecule has 3 rings (SSSR count). The van der Waals surface area contributed by atoms with Crippen LogP contribution in [0, 0.1) is 0 Å². The zero-order valence-electron chi connectivity index (χ0n) is 5.63. The van der Waals surface area contributed by atoms with Crippen LogP contribution in [0.5, 0.6) is 5.75 Å². The standard InChI is InChI=1S/C8H9NO/c1-3-8-4-2-7(1)5-9-6-10-8/h1-4,9H,5-6H2. The summed E-state index contributed by atoms with van der Waals surface area (Å²) in [4.78, 5) is 0. The lowest BCUT2D eigenvalue weighted by Gasteiger charge is -2.12. The molecule has 0 spiro atoms. The van der Waals surface area contributed by atoms with Crippen molar-refractivity contribution in [3.8, 4) is 5.75 Å². The highest BCUT2D eigenvalue weighted by Crippen LogP contribution is 2.13. The van der Waals surface area contributed by atoms with Gasteiger partial charge in [-0.15, -0.1) is 0 Å². The second-order valence-corrected chi connectivity index (χ2v) is 2.36. The van der Waals surface area contributed by atoms with Crippen LogP contribution in [-0.2, 0) is 6.54 Å². The quantitative estimate of drug-likeness (QED) is 0.575. The second kappa shape index (κ2) is 2.31. The number of fused-ring (bicyclic) bond motifs is 5. The minimum Gasteiger partial charge on any atom is -0.478 e. The predicted octanol–water partition coefficient (Wildman–Crippen LogP) is 1.13. The Balaban J connectivity index is 2.40. The molecule has 0 aromatic heterocycles.